The van der Waals surface area contributed by atoms with Crippen LogP contribution >= 0.6 is 0 Å². The maximum atomic E-state index is 12.7. The molecule has 4 N–H and O–H groups in total. The monoisotopic (exact) mass is 411 g/mol. The third kappa shape index (κ3) is 4.32. The van der Waals surface area contributed by atoms with Crippen molar-refractivity contribution in [1.29, 1.82) is 0 Å². The molecule has 0 fully saturated rings. The number of nitrogens with zero attached hydrogens (tertiary/aromatic N) is 6. The number of hydrazone groups is 1. The summed E-state index contributed by atoms with van der Waals surface area (Å²) in [6.07, 6.45) is 0. The number of hydrogen-bond acceptors (Lipinski definition) is 9. The number of nitrogens with two attached hydrogens (primary N) is 1. The van der Waals surface area contributed by atoms with Crippen LogP contribution < -0.4 is 16.5 Å². The van der Waals surface area contributed by atoms with E-state index in [2.05, 4.69) is 41.1 Å². The molecule has 0 saturated carbocycles. The van der Waals surface area contributed by atoms with E-state index < -0.39 is 5.91 Å². The van der Waals surface area contributed by atoms with Gasteiger partial charge in [0.15, 0.2) is 5.69 Å². The molecular weight excluding hydrogens is 390 g/mol. The third-order valence-corrected chi connectivity index (χ3v) is 4.09. The first-order chi connectivity index (χ1) is 14.3. The number of nitrogen functional groups attached to an aromatic ring is 1. The van der Waals surface area contributed by atoms with E-state index in [4.69, 9.17) is 5.73 Å². The van der Waals surface area contributed by atoms with Crippen LogP contribution in [-0.4, -0.2) is 42.8 Å². The quantitative estimate of drug-likeness (QED) is 0.405. The lowest BCUT2D eigenvalue weighted by Crippen LogP contribution is -2.22. The Bertz CT molecular complexity index is 1110. The Kier molecular flexibility index (Phi) is 5.85. The van der Waals surface area contributed by atoms with Gasteiger partial charge in [-0.1, -0.05) is 31.2 Å². The Morgan fingerprint density at radius 3 is 2.63 bits per heavy atom. The lowest BCUT2D eigenvalue weighted by Gasteiger charge is -2.09. The first-order valence-corrected chi connectivity index (χ1v) is 9.04. The van der Waals surface area contributed by atoms with E-state index in [1.807, 2.05) is 19.9 Å². The maximum absolute atomic E-state index is 12.7. The summed E-state index contributed by atoms with van der Waals surface area (Å²) in [5.74, 6) is -0.669. The number of amides is 2. The second-order valence-corrected chi connectivity index (χ2v) is 6.76. The third-order valence-electron chi connectivity index (χ3n) is 4.09. The summed E-state index contributed by atoms with van der Waals surface area (Å²) in [4.78, 5) is 23.9. The molecule has 2 amide bonds. The number of carbonyl (C=O) groups is 2. The van der Waals surface area contributed by atoms with Crippen molar-refractivity contribution < 1.29 is 14.2 Å². The predicted octanol–water partition coefficient (Wildman–Crippen LogP) is 1.47. The zero-order chi connectivity index (χ0) is 21.8. The minimum absolute atomic E-state index is 0.0293. The zero-order valence-electron chi connectivity index (χ0n) is 16.9. The van der Waals surface area contributed by atoms with Crippen LogP contribution in [0.4, 0.5) is 11.5 Å². The minimum atomic E-state index is -0.544. The summed E-state index contributed by atoms with van der Waals surface area (Å²) in [6.45, 7) is 6.90. The van der Waals surface area contributed by atoms with Crippen molar-refractivity contribution in [1.82, 2.24) is 30.7 Å². The number of aromatic nitrogens is 5. The molecule has 0 aliphatic rings. The Labute approximate surface area is 171 Å². The van der Waals surface area contributed by atoms with Gasteiger partial charge in [-0.15, -0.1) is 5.10 Å². The van der Waals surface area contributed by atoms with E-state index in [0.29, 0.717) is 17.1 Å². The zero-order valence-corrected chi connectivity index (χ0v) is 16.9. The summed E-state index contributed by atoms with van der Waals surface area (Å²) >= 11 is 0. The van der Waals surface area contributed by atoms with E-state index >= 15 is 0 Å². The predicted molar refractivity (Wildman–Crippen MR) is 108 cm³/mol. The van der Waals surface area contributed by atoms with E-state index in [-0.39, 0.29) is 29.2 Å². The lowest BCUT2D eigenvalue weighted by atomic mass is 10.1. The molecule has 156 valence electrons. The number of benzene rings is 1. The first kappa shape index (κ1) is 20.6. The van der Waals surface area contributed by atoms with Crippen LogP contribution in [0.5, 0.6) is 0 Å². The maximum Gasteiger partial charge on any atom is 0.293 e. The molecule has 2 heterocycles. The Hall–Kier alpha value is -4.09. The average molecular weight is 411 g/mol. The summed E-state index contributed by atoms with van der Waals surface area (Å²) in [7, 11) is 0. The van der Waals surface area contributed by atoms with Gasteiger partial charge < -0.3 is 11.1 Å². The van der Waals surface area contributed by atoms with Crippen molar-refractivity contribution in [2.75, 3.05) is 11.1 Å². The fourth-order valence-electron chi connectivity index (χ4n) is 2.74. The van der Waals surface area contributed by atoms with Crippen molar-refractivity contribution in [3.8, 4) is 5.82 Å². The number of nitrogens with one attached hydrogen (secondary N) is 2. The smallest absolute Gasteiger partial charge is 0.293 e. The fraction of sp³-hybridized carbons (Fsp3) is 0.278. The molecule has 3 aromatic rings. The molecule has 0 radical (unpaired) electrons. The summed E-state index contributed by atoms with van der Waals surface area (Å²) < 4.78 is 5.92. The summed E-state index contributed by atoms with van der Waals surface area (Å²) in [5.41, 5.74) is 10.7. The second-order valence-electron chi connectivity index (χ2n) is 6.76. The van der Waals surface area contributed by atoms with Gasteiger partial charge in [-0.25, -0.2) is 10.1 Å². The highest BCUT2D eigenvalue weighted by Crippen LogP contribution is 2.22. The minimum Gasteiger partial charge on any atom is -0.378 e. The molecule has 0 spiro atoms. The van der Waals surface area contributed by atoms with Gasteiger partial charge in [0.05, 0.1) is 11.4 Å². The van der Waals surface area contributed by atoms with Crippen molar-refractivity contribution in [2.45, 2.75) is 33.6 Å². The van der Waals surface area contributed by atoms with Crippen LogP contribution in [0.2, 0.25) is 0 Å². The van der Waals surface area contributed by atoms with Crippen molar-refractivity contribution in [2.24, 2.45) is 5.10 Å². The highest BCUT2D eigenvalue weighted by atomic mass is 16.6. The fourth-order valence-corrected chi connectivity index (χ4v) is 2.74. The summed E-state index contributed by atoms with van der Waals surface area (Å²) in [5, 5.41) is 22.0. The van der Waals surface area contributed by atoms with Gasteiger partial charge in [0.2, 0.25) is 17.5 Å². The van der Waals surface area contributed by atoms with Crippen LogP contribution in [0.25, 0.3) is 5.82 Å². The molecular formula is C18H21N9O3. The highest BCUT2D eigenvalue weighted by molar-refractivity contribution is 6.02. The van der Waals surface area contributed by atoms with Crippen molar-refractivity contribution in [3.05, 3.63) is 41.2 Å². The van der Waals surface area contributed by atoms with E-state index in [1.165, 1.54) is 11.6 Å². The molecule has 12 nitrogen and oxygen atoms in total. The van der Waals surface area contributed by atoms with Gasteiger partial charge in [0.1, 0.15) is 0 Å². The van der Waals surface area contributed by atoms with E-state index in [0.717, 1.165) is 5.56 Å². The van der Waals surface area contributed by atoms with Crippen LogP contribution in [0.15, 0.2) is 34.0 Å². The van der Waals surface area contributed by atoms with Crippen molar-refractivity contribution in [3.63, 3.8) is 0 Å². The van der Waals surface area contributed by atoms with E-state index in [9.17, 15) is 9.59 Å². The van der Waals surface area contributed by atoms with Gasteiger partial charge in [-0.3, -0.25) is 9.59 Å². The van der Waals surface area contributed by atoms with Crippen LogP contribution in [0.3, 0.4) is 0 Å². The second kappa shape index (κ2) is 8.51. The molecule has 0 saturated heterocycles. The molecule has 0 bridgehead atoms. The standard InChI is InChI=1S/C18H21N9O3/c1-9(2)15-14(22-26-27(15)17-16(19)24-30-25-17)18(29)23-21-10(3)12-6-5-7-13(8-12)20-11(4)28/h5-9H,1-4H3,(H2,19,24)(H,20,28)(H,23,29)/b21-10-. The molecule has 3 rings (SSSR count). The molecule has 2 aromatic heterocycles. The van der Waals surface area contributed by atoms with Crippen molar-refractivity contribution >= 4 is 29.0 Å². The molecule has 30 heavy (non-hydrogen) atoms. The number of hydrogen-bond donors (Lipinski definition) is 3. The number of anilines is 2. The highest BCUT2D eigenvalue weighted by Gasteiger charge is 2.25. The molecule has 12 heteroatoms. The van der Waals surface area contributed by atoms with Gasteiger partial charge >= 0.3 is 0 Å². The normalized spacial score (nSPS) is 11.6. The lowest BCUT2D eigenvalue weighted by molar-refractivity contribution is -0.114. The largest absolute Gasteiger partial charge is 0.378 e. The van der Waals surface area contributed by atoms with Crippen LogP contribution in [0, 0.1) is 0 Å². The Balaban J connectivity index is 1.84. The molecule has 0 aliphatic heterocycles. The summed E-state index contributed by atoms with van der Waals surface area (Å²) in [6, 6.07) is 7.10. The first-order valence-electron chi connectivity index (χ1n) is 9.04. The van der Waals surface area contributed by atoms with Gasteiger partial charge in [0, 0.05) is 12.6 Å². The molecule has 0 atom stereocenters. The number of rotatable bonds is 6. The Morgan fingerprint density at radius 2 is 2.00 bits per heavy atom. The van der Waals surface area contributed by atoms with Gasteiger partial charge in [0.25, 0.3) is 5.91 Å². The number of carbonyl (C=O) groups excluding carboxylic acids is 2. The van der Waals surface area contributed by atoms with Crippen LogP contribution in [0.1, 0.15) is 55.4 Å². The SMILES string of the molecule is CC(=O)Nc1cccc(/C(C)=N\NC(=O)c2nnn(-c3nonc3N)c2C(C)C)c1. The van der Waals surface area contributed by atoms with Gasteiger partial charge in [-0.05, 0) is 40.9 Å². The van der Waals surface area contributed by atoms with E-state index in [1.54, 1.807) is 25.1 Å². The molecule has 0 unspecified atom stereocenters. The average Bonchev–Trinajstić information content (AvgIpc) is 3.31. The Morgan fingerprint density at radius 1 is 1.23 bits per heavy atom. The molecule has 0 aliphatic carbocycles. The van der Waals surface area contributed by atoms with Crippen LogP contribution in [-0.2, 0) is 4.79 Å². The topological polar surface area (TPSA) is 166 Å². The van der Waals surface area contributed by atoms with Gasteiger partial charge in [-0.2, -0.15) is 9.78 Å². The molecule has 1 aromatic carbocycles.